The van der Waals surface area contributed by atoms with E-state index in [9.17, 15) is 8.42 Å². The largest absolute Gasteiger partial charge is 0.297 e. The van der Waals surface area contributed by atoms with Crippen LogP contribution in [0.5, 0.6) is 0 Å². The molecule has 5 nitrogen and oxygen atoms in total. The third-order valence-electron chi connectivity index (χ3n) is 5.26. The molecule has 1 aliphatic rings. The number of benzene rings is 2. The first-order valence-corrected chi connectivity index (χ1v) is 11.1. The Kier molecular flexibility index (Phi) is 5.96. The minimum Gasteiger partial charge on any atom is -0.297 e. The van der Waals surface area contributed by atoms with Gasteiger partial charge in [-0.1, -0.05) is 74.9 Å². The topological polar surface area (TPSA) is 58.6 Å². The molecule has 0 unspecified atom stereocenters. The van der Waals surface area contributed by atoms with Gasteiger partial charge in [0.25, 0.3) is 0 Å². The van der Waals surface area contributed by atoms with E-state index in [1.165, 1.54) is 5.56 Å². The summed E-state index contributed by atoms with van der Waals surface area (Å²) in [6.07, 6.45) is 0. The molecule has 0 amide bonds. The van der Waals surface area contributed by atoms with E-state index in [4.69, 9.17) is 4.84 Å². The minimum atomic E-state index is -3.56. The first-order valence-electron chi connectivity index (χ1n) is 9.58. The van der Waals surface area contributed by atoms with Gasteiger partial charge in [0.1, 0.15) is 5.25 Å². The number of rotatable bonds is 5. The Morgan fingerprint density at radius 1 is 1.14 bits per heavy atom. The van der Waals surface area contributed by atoms with Crippen molar-refractivity contribution in [1.82, 2.24) is 9.79 Å². The fraction of sp³-hybridized carbons (Fsp3) is 0.455. The van der Waals surface area contributed by atoms with Gasteiger partial charge in [-0.25, -0.2) is 13.1 Å². The average molecular weight is 403 g/mol. The monoisotopic (exact) mass is 402 g/mol. The molecule has 1 N–H and O–H groups in total. The van der Waals surface area contributed by atoms with E-state index in [0.717, 1.165) is 16.7 Å². The maximum absolute atomic E-state index is 13.0. The zero-order valence-corrected chi connectivity index (χ0v) is 18.1. The van der Waals surface area contributed by atoms with Crippen molar-refractivity contribution in [3.05, 3.63) is 70.8 Å². The van der Waals surface area contributed by atoms with E-state index in [1.54, 1.807) is 12.1 Å². The molecular weight excluding hydrogens is 372 g/mol. The molecule has 1 saturated heterocycles. The van der Waals surface area contributed by atoms with Crippen molar-refractivity contribution in [1.29, 1.82) is 0 Å². The highest BCUT2D eigenvalue weighted by Crippen LogP contribution is 2.34. The van der Waals surface area contributed by atoms with Gasteiger partial charge < -0.3 is 0 Å². The Hall–Kier alpha value is -1.73. The molecule has 152 valence electrons. The van der Waals surface area contributed by atoms with Gasteiger partial charge in [0.2, 0.25) is 10.0 Å². The molecule has 0 saturated carbocycles. The van der Waals surface area contributed by atoms with Crippen LogP contribution in [-0.4, -0.2) is 32.4 Å². The Morgan fingerprint density at radius 2 is 1.82 bits per heavy atom. The predicted molar refractivity (Wildman–Crippen MR) is 112 cm³/mol. The van der Waals surface area contributed by atoms with E-state index in [1.807, 2.05) is 43.3 Å². The lowest BCUT2D eigenvalue weighted by Crippen LogP contribution is -2.39. The highest BCUT2D eigenvalue weighted by atomic mass is 32.2. The molecule has 0 bridgehead atoms. The standard InChI is InChI=1S/C22H30N2O3S/c1-16-7-6-8-17(13-16)14-23-28(25,26)20-15-27-24(5)21(20)18-9-11-19(12-10-18)22(2,3)4/h6-13,20-21,23H,14-15H2,1-5H3/t20-,21-/m1/s1. The van der Waals surface area contributed by atoms with E-state index >= 15 is 0 Å². The van der Waals surface area contributed by atoms with Crippen molar-refractivity contribution in [3.63, 3.8) is 0 Å². The lowest BCUT2D eigenvalue weighted by Gasteiger charge is -2.25. The van der Waals surface area contributed by atoms with Crippen molar-refractivity contribution in [2.24, 2.45) is 0 Å². The molecule has 6 heteroatoms. The Morgan fingerprint density at radius 3 is 2.43 bits per heavy atom. The van der Waals surface area contributed by atoms with Gasteiger partial charge in [-0.05, 0) is 29.0 Å². The number of nitrogens with zero attached hydrogens (tertiary/aromatic N) is 1. The lowest BCUT2D eigenvalue weighted by atomic mass is 9.86. The molecule has 0 aliphatic carbocycles. The van der Waals surface area contributed by atoms with E-state index in [2.05, 4.69) is 37.6 Å². The highest BCUT2D eigenvalue weighted by molar-refractivity contribution is 7.90. The third-order valence-corrected chi connectivity index (χ3v) is 7.00. The van der Waals surface area contributed by atoms with Crippen LogP contribution in [0.1, 0.15) is 49.1 Å². The van der Waals surface area contributed by atoms with Crippen molar-refractivity contribution in [3.8, 4) is 0 Å². The summed E-state index contributed by atoms with van der Waals surface area (Å²) in [5.41, 5.74) is 4.27. The second-order valence-electron chi connectivity index (χ2n) is 8.55. The first-order chi connectivity index (χ1) is 13.1. The Balaban J connectivity index is 1.79. The summed E-state index contributed by atoms with van der Waals surface area (Å²) in [7, 11) is -1.77. The van der Waals surface area contributed by atoms with Crippen LogP contribution in [0.2, 0.25) is 0 Å². The van der Waals surface area contributed by atoms with Crippen molar-refractivity contribution >= 4 is 10.0 Å². The normalized spacial score (nSPS) is 21.2. The molecule has 1 heterocycles. The minimum absolute atomic E-state index is 0.0530. The van der Waals surface area contributed by atoms with Crippen LogP contribution in [0.15, 0.2) is 48.5 Å². The van der Waals surface area contributed by atoms with Crippen LogP contribution >= 0.6 is 0 Å². The predicted octanol–water partition coefficient (Wildman–Crippen LogP) is 3.70. The van der Waals surface area contributed by atoms with Crippen LogP contribution in [-0.2, 0) is 26.8 Å². The summed E-state index contributed by atoms with van der Waals surface area (Å²) < 4.78 is 28.8. The number of hydrogen-bond donors (Lipinski definition) is 1. The number of nitrogens with one attached hydrogen (secondary N) is 1. The van der Waals surface area contributed by atoms with Crippen LogP contribution in [0.3, 0.4) is 0 Å². The zero-order chi connectivity index (χ0) is 20.5. The SMILES string of the molecule is Cc1cccc(CNS(=O)(=O)[C@@H]2CON(C)[C@@H]2c2ccc(C(C)(C)C)cc2)c1. The van der Waals surface area contributed by atoms with E-state index in [0.29, 0.717) is 0 Å². The van der Waals surface area contributed by atoms with Crippen molar-refractivity contribution in [2.75, 3.05) is 13.7 Å². The second kappa shape index (κ2) is 7.95. The molecule has 3 rings (SSSR count). The molecular formula is C22H30N2O3S. The molecule has 28 heavy (non-hydrogen) atoms. The van der Waals surface area contributed by atoms with E-state index < -0.39 is 15.3 Å². The molecule has 0 spiro atoms. The molecule has 2 aromatic rings. The Bertz CT molecular complexity index is 918. The first kappa shape index (κ1) is 21.0. The molecule has 0 radical (unpaired) electrons. The number of hydrogen-bond acceptors (Lipinski definition) is 4. The quantitative estimate of drug-likeness (QED) is 0.829. The summed E-state index contributed by atoms with van der Waals surface area (Å²) in [4.78, 5) is 5.60. The summed E-state index contributed by atoms with van der Waals surface area (Å²) in [5.74, 6) is 0. The molecule has 2 atom stereocenters. The number of sulfonamides is 1. The number of hydroxylamine groups is 2. The van der Waals surface area contributed by atoms with Crippen LogP contribution < -0.4 is 4.72 Å². The summed E-state index contributed by atoms with van der Waals surface area (Å²) in [5, 5.41) is 0.991. The number of aryl methyl sites for hydroxylation is 1. The second-order valence-corrected chi connectivity index (χ2v) is 10.5. The molecule has 2 aromatic carbocycles. The average Bonchev–Trinajstić information content (AvgIpc) is 3.02. The fourth-order valence-corrected chi connectivity index (χ4v) is 5.06. The zero-order valence-electron chi connectivity index (χ0n) is 17.3. The smallest absolute Gasteiger partial charge is 0.219 e. The lowest BCUT2D eigenvalue weighted by molar-refractivity contribution is -0.110. The summed E-state index contributed by atoms with van der Waals surface area (Å²) in [6.45, 7) is 8.90. The van der Waals surface area contributed by atoms with Gasteiger partial charge >= 0.3 is 0 Å². The van der Waals surface area contributed by atoms with Gasteiger partial charge in [0.15, 0.2) is 0 Å². The highest BCUT2D eigenvalue weighted by Gasteiger charge is 2.43. The van der Waals surface area contributed by atoms with Gasteiger partial charge in [-0.15, -0.1) is 0 Å². The van der Waals surface area contributed by atoms with E-state index in [-0.39, 0.29) is 24.6 Å². The molecule has 1 aliphatic heterocycles. The van der Waals surface area contributed by atoms with Gasteiger partial charge in [-0.2, -0.15) is 5.06 Å². The van der Waals surface area contributed by atoms with Crippen LogP contribution in [0, 0.1) is 6.92 Å². The Labute approximate surface area is 168 Å². The van der Waals surface area contributed by atoms with Gasteiger partial charge in [0, 0.05) is 13.6 Å². The third kappa shape index (κ3) is 4.63. The summed E-state index contributed by atoms with van der Waals surface area (Å²) in [6, 6.07) is 15.7. The van der Waals surface area contributed by atoms with Gasteiger partial charge in [-0.3, -0.25) is 4.84 Å². The maximum Gasteiger partial charge on any atom is 0.219 e. The van der Waals surface area contributed by atoms with Gasteiger partial charge in [0.05, 0.1) is 12.6 Å². The maximum atomic E-state index is 13.0. The fourth-order valence-electron chi connectivity index (χ4n) is 3.57. The van der Waals surface area contributed by atoms with Crippen LogP contribution in [0.4, 0.5) is 0 Å². The van der Waals surface area contributed by atoms with Crippen molar-refractivity contribution < 1.29 is 13.3 Å². The van der Waals surface area contributed by atoms with Crippen molar-refractivity contribution in [2.45, 2.75) is 50.9 Å². The van der Waals surface area contributed by atoms with Crippen LogP contribution in [0.25, 0.3) is 0 Å². The molecule has 1 fully saturated rings. The molecule has 0 aromatic heterocycles. The summed E-state index contributed by atoms with van der Waals surface area (Å²) >= 11 is 0.